The van der Waals surface area contributed by atoms with Crippen LogP contribution in [-0.2, 0) is 0 Å². The van der Waals surface area contributed by atoms with Gasteiger partial charge in [0.1, 0.15) is 11.6 Å². The van der Waals surface area contributed by atoms with Crippen LogP contribution in [0.15, 0.2) is 30.0 Å². The molecule has 1 aromatic rings. The first kappa shape index (κ1) is 13.5. The summed E-state index contributed by atoms with van der Waals surface area (Å²) in [5, 5.41) is 4.91. The second kappa shape index (κ2) is 6.31. The number of hydrogen-bond donors (Lipinski definition) is 2. The van der Waals surface area contributed by atoms with E-state index in [0.29, 0.717) is 0 Å². The highest BCUT2D eigenvalue weighted by molar-refractivity contribution is 5.90. The summed E-state index contributed by atoms with van der Waals surface area (Å²) in [5.41, 5.74) is 1.15. The first-order valence-corrected chi connectivity index (χ1v) is 6.35. The Bertz CT molecular complexity index is 492. The lowest BCUT2D eigenvalue weighted by Crippen LogP contribution is -2.25. The van der Waals surface area contributed by atoms with Crippen LogP contribution >= 0.6 is 0 Å². The van der Waals surface area contributed by atoms with Gasteiger partial charge in [-0.05, 0) is 37.8 Å². The molecule has 1 fully saturated rings. The molecule has 2 rings (SSSR count). The molecule has 0 aromatic heterocycles. The number of halogens is 2. The lowest BCUT2D eigenvalue weighted by molar-refractivity contribution is 0.255. The molecule has 1 aliphatic rings. The van der Waals surface area contributed by atoms with Crippen LogP contribution in [-0.4, -0.2) is 6.03 Å². The Morgan fingerprint density at radius 2 is 1.89 bits per heavy atom. The summed E-state index contributed by atoms with van der Waals surface area (Å²) in [5.74, 6) is -1.46. The number of carbonyl (C=O) groups excluding carboxylic acids is 1. The van der Waals surface area contributed by atoms with E-state index in [4.69, 9.17) is 0 Å². The van der Waals surface area contributed by atoms with E-state index in [1.54, 1.807) is 6.20 Å². The van der Waals surface area contributed by atoms with Crippen molar-refractivity contribution in [3.63, 3.8) is 0 Å². The number of nitrogens with one attached hydrogen (secondary N) is 2. The molecule has 0 spiro atoms. The van der Waals surface area contributed by atoms with Gasteiger partial charge in [-0.25, -0.2) is 13.6 Å². The number of amides is 2. The molecule has 3 nitrogen and oxygen atoms in total. The molecule has 2 amide bonds. The van der Waals surface area contributed by atoms with E-state index in [-0.39, 0.29) is 5.69 Å². The van der Waals surface area contributed by atoms with Crippen LogP contribution in [0.2, 0.25) is 0 Å². The van der Waals surface area contributed by atoms with Gasteiger partial charge in [0, 0.05) is 12.3 Å². The van der Waals surface area contributed by atoms with E-state index in [9.17, 15) is 13.6 Å². The maximum atomic E-state index is 13.3. The van der Waals surface area contributed by atoms with Crippen LogP contribution in [0.4, 0.5) is 19.3 Å². The van der Waals surface area contributed by atoms with Crippen molar-refractivity contribution < 1.29 is 13.6 Å². The summed E-state index contributed by atoms with van der Waals surface area (Å²) in [4.78, 5) is 11.6. The maximum absolute atomic E-state index is 13.3. The molecule has 1 aromatic carbocycles. The second-order valence-electron chi connectivity index (χ2n) is 4.59. The Labute approximate surface area is 110 Å². The molecule has 0 saturated heterocycles. The molecule has 0 radical (unpaired) electrons. The molecule has 1 aliphatic carbocycles. The van der Waals surface area contributed by atoms with Crippen molar-refractivity contribution >= 4 is 11.7 Å². The largest absolute Gasteiger partial charge is 0.323 e. The lowest BCUT2D eigenvalue weighted by atomic mass is 9.96. The number of rotatable bonds is 2. The monoisotopic (exact) mass is 266 g/mol. The van der Waals surface area contributed by atoms with Crippen molar-refractivity contribution in [3.05, 3.63) is 41.6 Å². The standard InChI is InChI=1S/C14H16F2N2O/c15-11-6-7-13(12(16)8-11)18-14(19)17-9-10-4-2-1-3-5-10/h6-9H,1-5H2,(H2,17,18,19). The number of urea groups is 1. The number of benzene rings is 1. The summed E-state index contributed by atoms with van der Waals surface area (Å²) >= 11 is 0. The van der Waals surface area contributed by atoms with Gasteiger partial charge in [0.05, 0.1) is 5.69 Å². The van der Waals surface area contributed by atoms with Crippen LogP contribution in [0.3, 0.4) is 0 Å². The smallest absolute Gasteiger partial charge is 0.314 e. The molecule has 5 heteroatoms. The molecule has 0 aliphatic heterocycles. The third kappa shape index (κ3) is 4.05. The zero-order chi connectivity index (χ0) is 13.7. The first-order valence-electron chi connectivity index (χ1n) is 6.35. The molecule has 2 N–H and O–H groups in total. The van der Waals surface area contributed by atoms with Gasteiger partial charge in [0.2, 0.25) is 0 Å². The second-order valence-corrected chi connectivity index (χ2v) is 4.59. The highest BCUT2D eigenvalue weighted by Gasteiger charge is 2.08. The van der Waals surface area contributed by atoms with Crippen LogP contribution in [0.25, 0.3) is 0 Å². The fraction of sp³-hybridized carbons (Fsp3) is 0.357. The lowest BCUT2D eigenvalue weighted by Gasteiger charge is -2.13. The van der Waals surface area contributed by atoms with E-state index in [0.717, 1.165) is 37.8 Å². The van der Waals surface area contributed by atoms with Crippen molar-refractivity contribution in [1.82, 2.24) is 5.32 Å². The normalized spacial score (nSPS) is 14.9. The summed E-state index contributed by atoms with van der Waals surface area (Å²) in [7, 11) is 0. The fourth-order valence-corrected chi connectivity index (χ4v) is 2.07. The molecule has 1 saturated carbocycles. The Morgan fingerprint density at radius 3 is 2.58 bits per heavy atom. The van der Waals surface area contributed by atoms with Gasteiger partial charge in [0.15, 0.2) is 0 Å². The van der Waals surface area contributed by atoms with E-state index in [2.05, 4.69) is 10.6 Å². The third-order valence-electron chi connectivity index (χ3n) is 3.08. The van der Waals surface area contributed by atoms with Gasteiger partial charge in [-0.3, -0.25) is 0 Å². The zero-order valence-corrected chi connectivity index (χ0v) is 10.5. The highest BCUT2D eigenvalue weighted by atomic mass is 19.1. The van der Waals surface area contributed by atoms with Crippen molar-refractivity contribution in [3.8, 4) is 0 Å². The number of allylic oxidation sites excluding steroid dienone is 1. The SMILES string of the molecule is O=C(NC=C1CCCCC1)Nc1ccc(F)cc1F. The molecular weight excluding hydrogens is 250 g/mol. The highest BCUT2D eigenvalue weighted by Crippen LogP contribution is 2.21. The minimum Gasteiger partial charge on any atom is -0.314 e. The van der Waals surface area contributed by atoms with E-state index >= 15 is 0 Å². The van der Waals surface area contributed by atoms with Gasteiger partial charge in [-0.15, -0.1) is 0 Å². The van der Waals surface area contributed by atoms with Crippen LogP contribution < -0.4 is 10.6 Å². The Hall–Kier alpha value is -1.91. The fourth-order valence-electron chi connectivity index (χ4n) is 2.07. The van der Waals surface area contributed by atoms with E-state index < -0.39 is 17.7 Å². The molecule has 0 bridgehead atoms. The summed E-state index contributed by atoms with van der Waals surface area (Å²) < 4.78 is 26.0. The zero-order valence-electron chi connectivity index (χ0n) is 10.5. The van der Waals surface area contributed by atoms with Gasteiger partial charge in [-0.1, -0.05) is 12.0 Å². The van der Waals surface area contributed by atoms with Crippen molar-refractivity contribution in [1.29, 1.82) is 0 Å². The van der Waals surface area contributed by atoms with Crippen LogP contribution in [0.1, 0.15) is 32.1 Å². The molecule has 0 atom stereocenters. The predicted octanol–water partition coefficient (Wildman–Crippen LogP) is 3.93. The average Bonchev–Trinajstić information content (AvgIpc) is 2.41. The molecular formula is C14H16F2N2O. The average molecular weight is 266 g/mol. The molecule has 0 unspecified atom stereocenters. The Morgan fingerprint density at radius 1 is 1.16 bits per heavy atom. The minimum absolute atomic E-state index is 0.0408. The number of anilines is 1. The Balaban J connectivity index is 1.90. The number of hydrogen-bond acceptors (Lipinski definition) is 1. The quantitative estimate of drug-likeness (QED) is 0.836. The molecule has 19 heavy (non-hydrogen) atoms. The third-order valence-corrected chi connectivity index (χ3v) is 3.08. The maximum Gasteiger partial charge on any atom is 0.323 e. The van der Waals surface area contributed by atoms with Gasteiger partial charge < -0.3 is 10.6 Å². The predicted molar refractivity (Wildman–Crippen MR) is 69.7 cm³/mol. The minimum atomic E-state index is -0.791. The molecule has 102 valence electrons. The van der Waals surface area contributed by atoms with E-state index in [1.165, 1.54) is 18.1 Å². The van der Waals surface area contributed by atoms with Crippen molar-refractivity contribution in [2.75, 3.05) is 5.32 Å². The summed E-state index contributed by atoms with van der Waals surface area (Å²) in [6, 6.07) is 2.49. The first-order chi connectivity index (χ1) is 9.15. The van der Waals surface area contributed by atoms with E-state index in [1.807, 2.05) is 0 Å². The summed E-state index contributed by atoms with van der Waals surface area (Å²) in [6.07, 6.45) is 7.17. The number of carbonyl (C=O) groups is 1. The van der Waals surface area contributed by atoms with Crippen LogP contribution in [0, 0.1) is 11.6 Å². The van der Waals surface area contributed by atoms with Crippen molar-refractivity contribution in [2.45, 2.75) is 32.1 Å². The molecule has 0 heterocycles. The summed E-state index contributed by atoms with van der Waals surface area (Å²) in [6.45, 7) is 0. The van der Waals surface area contributed by atoms with Gasteiger partial charge in [-0.2, -0.15) is 0 Å². The van der Waals surface area contributed by atoms with Crippen LogP contribution in [0.5, 0.6) is 0 Å². The van der Waals surface area contributed by atoms with Gasteiger partial charge in [0.25, 0.3) is 0 Å². The van der Waals surface area contributed by atoms with Gasteiger partial charge >= 0.3 is 6.03 Å². The topological polar surface area (TPSA) is 41.1 Å². The van der Waals surface area contributed by atoms with Crippen molar-refractivity contribution in [2.24, 2.45) is 0 Å². The Kier molecular flexibility index (Phi) is 4.49.